The van der Waals surface area contributed by atoms with Crippen molar-refractivity contribution < 1.29 is 0 Å². The second kappa shape index (κ2) is 5.50. The van der Waals surface area contributed by atoms with E-state index in [2.05, 4.69) is 39.5 Å². The van der Waals surface area contributed by atoms with Crippen LogP contribution in [0.2, 0.25) is 0 Å². The average Bonchev–Trinajstić information content (AvgIpc) is 2.31. The van der Waals surface area contributed by atoms with Crippen LogP contribution in [0.3, 0.4) is 0 Å². The summed E-state index contributed by atoms with van der Waals surface area (Å²) in [5.41, 5.74) is 6.58. The number of hydrogen-bond acceptors (Lipinski definition) is 2. The monoisotopic (exact) mass is 226 g/mol. The molecule has 1 saturated heterocycles. The highest BCUT2D eigenvalue weighted by atomic mass is 15.2. The van der Waals surface area contributed by atoms with Gasteiger partial charge >= 0.3 is 0 Å². The minimum Gasteiger partial charge on any atom is -0.327 e. The Morgan fingerprint density at radius 2 is 1.62 bits per heavy atom. The van der Waals surface area contributed by atoms with Gasteiger partial charge in [-0.05, 0) is 38.5 Å². The predicted molar refractivity (Wildman–Crippen MR) is 71.5 cm³/mol. The Balaban J connectivity index is 2.86. The smallest absolute Gasteiger partial charge is 0.0204 e. The van der Waals surface area contributed by atoms with Crippen LogP contribution in [0.1, 0.15) is 60.3 Å². The maximum atomic E-state index is 6.17. The molecule has 16 heavy (non-hydrogen) atoms. The lowest BCUT2D eigenvalue weighted by Gasteiger charge is -2.52. The Morgan fingerprint density at radius 3 is 2.06 bits per heavy atom. The topological polar surface area (TPSA) is 29.3 Å². The lowest BCUT2D eigenvalue weighted by Crippen LogP contribution is -2.60. The summed E-state index contributed by atoms with van der Waals surface area (Å²) in [4.78, 5) is 2.74. The number of likely N-dealkylation sites (tertiary alicyclic amines) is 1. The van der Waals surface area contributed by atoms with Gasteiger partial charge in [-0.2, -0.15) is 0 Å². The van der Waals surface area contributed by atoms with Gasteiger partial charge in [0.1, 0.15) is 0 Å². The van der Waals surface area contributed by atoms with Crippen molar-refractivity contribution in [3.05, 3.63) is 0 Å². The first-order chi connectivity index (χ1) is 7.52. The molecule has 2 nitrogen and oxygen atoms in total. The molecule has 0 aromatic rings. The van der Waals surface area contributed by atoms with Crippen LogP contribution in [-0.4, -0.2) is 29.1 Å². The number of nitrogens with two attached hydrogens (primary N) is 1. The van der Waals surface area contributed by atoms with Crippen LogP contribution in [0.25, 0.3) is 0 Å². The summed E-state index contributed by atoms with van der Waals surface area (Å²) in [6.07, 6.45) is 4.93. The first-order valence-corrected chi connectivity index (χ1v) is 7.04. The van der Waals surface area contributed by atoms with E-state index < -0.39 is 0 Å². The molecule has 3 unspecified atom stereocenters. The molecule has 1 aliphatic rings. The highest BCUT2D eigenvalue weighted by Crippen LogP contribution is 2.35. The summed E-state index contributed by atoms with van der Waals surface area (Å²) >= 11 is 0. The molecule has 0 radical (unpaired) electrons. The summed E-state index contributed by atoms with van der Waals surface area (Å²) in [7, 11) is 0. The fourth-order valence-corrected chi connectivity index (χ4v) is 3.42. The molecule has 2 heteroatoms. The van der Waals surface area contributed by atoms with Gasteiger partial charge in [0.05, 0.1) is 0 Å². The van der Waals surface area contributed by atoms with E-state index in [0.29, 0.717) is 23.5 Å². The van der Waals surface area contributed by atoms with Crippen molar-refractivity contribution in [2.75, 3.05) is 6.54 Å². The van der Waals surface area contributed by atoms with Crippen LogP contribution in [-0.2, 0) is 0 Å². The van der Waals surface area contributed by atoms with E-state index in [1.165, 1.54) is 25.8 Å². The van der Waals surface area contributed by atoms with E-state index in [1.54, 1.807) is 0 Å². The molecule has 0 aromatic carbocycles. The second-order valence-corrected chi connectivity index (χ2v) is 5.53. The zero-order chi connectivity index (χ0) is 12.3. The van der Waals surface area contributed by atoms with E-state index in [1.807, 2.05) is 0 Å². The van der Waals surface area contributed by atoms with Gasteiger partial charge in [0.2, 0.25) is 0 Å². The zero-order valence-electron chi connectivity index (χ0n) is 11.8. The largest absolute Gasteiger partial charge is 0.327 e. The van der Waals surface area contributed by atoms with E-state index in [4.69, 9.17) is 5.73 Å². The van der Waals surface area contributed by atoms with E-state index >= 15 is 0 Å². The molecule has 1 aliphatic heterocycles. The third-order valence-corrected chi connectivity index (χ3v) is 5.21. The molecular weight excluding hydrogens is 196 g/mol. The fourth-order valence-electron chi connectivity index (χ4n) is 3.42. The fraction of sp³-hybridized carbons (Fsp3) is 1.00. The van der Waals surface area contributed by atoms with Crippen LogP contribution in [0.4, 0.5) is 0 Å². The quantitative estimate of drug-likeness (QED) is 0.798. The van der Waals surface area contributed by atoms with Gasteiger partial charge in [0, 0.05) is 24.2 Å². The maximum absolute atomic E-state index is 6.17. The van der Waals surface area contributed by atoms with Crippen molar-refractivity contribution in [3.63, 3.8) is 0 Å². The van der Waals surface area contributed by atoms with Gasteiger partial charge in [-0.15, -0.1) is 0 Å². The third-order valence-electron chi connectivity index (χ3n) is 5.21. The molecule has 0 saturated carbocycles. The van der Waals surface area contributed by atoms with Gasteiger partial charge in [0.25, 0.3) is 0 Å². The molecule has 0 aliphatic carbocycles. The molecular formula is C14H30N2. The SMILES string of the molecule is CCC(CC)(CC)N1CCC(N)C(C)C1C. The highest BCUT2D eigenvalue weighted by molar-refractivity contribution is 4.96. The number of rotatable bonds is 4. The lowest BCUT2D eigenvalue weighted by molar-refractivity contribution is -0.0155. The average molecular weight is 226 g/mol. The van der Waals surface area contributed by atoms with E-state index in [-0.39, 0.29) is 0 Å². The highest BCUT2D eigenvalue weighted by Gasteiger charge is 2.40. The van der Waals surface area contributed by atoms with Gasteiger partial charge < -0.3 is 5.73 Å². The lowest BCUT2D eigenvalue weighted by atomic mass is 9.79. The molecule has 0 amide bonds. The maximum Gasteiger partial charge on any atom is 0.0204 e. The van der Waals surface area contributed by atoms with Crippen LogP contribution in [0.15, 0.2) is 0 Å². The normalized spacial score (nSPS) is 33.0. The number of hydrogen-bond donors (Lipinski definition) is 1. The van der Waals surface area contributed by atoms with Crippen LogP contribution in [0, 0.1) is 5.92 Å². The molecule has 2 N–H and O–H groups in total. The summed E-state index contributed by atoms with van der Waals surface area (Å²) < 4.78 is 0. The summed E-state index contributed by atoms with van der Waals surface area (Å²) in [6, 6.07) is 1.03. The molecule has 3 atom stereocenters. The summed E-state index contributed by atoms with van der Waals surface area (Å²) in [5.74, 6) is 0.623. The zero-order valence-corrected chi connectivity index (χ0v) is 11.8. The van der Waals surface area contributed by atoms with Crippen molar-refractivity contribution in [1.82, 2.24) is 4.90 Å². The molecule has 1 heterocycles. The van der Waals surface area contributed by atoms with Crippen molar-refractivity contribution in [2.24, 2.45) is 11.7 Å². The van der Waals surface area contributed by atoms with Gasteiger partial charge in [-0.25, -0.2) is 0 Å². The van der Waals surface area contributed by atoms with E-state index in [0.717, 1.165) is 6.42 Å². The molecule has 0 spiro atoms. The Morgan fingerprint density at radius 1 is 1.12 bits per heavy atom. The summed E-state index contributed by atoms with van der Waals surface area (Å²) in [6.45, 7) is 12.9. The second-order valence-electron chi connectivity index (χ2n) is 5.53. The van der Waals surface area contributed by atoms with Gasteiger partial charge in [-0.3, -0.25) is 4.90 Å². The molecule has 96 valence electrons. The standard InChI is InChI=1S/C14H30N2/c1-6-14(7-2,8-3)16-10-9-13(15)11(4)12(16)5/h11-13H,6-10,15H2,1-5H3. The van der Waals surface area contributed by atoms with Crippen LogP contribution >= 0.6 is 0 Å². The first-order valence-electron chi connectivity index (χ1n) is 7.04. The molecule has 0 aromatic heterocycles. The number of nitrogens with zero attached hydrogens (tertiary/aromatic N) is 1. The Hall–Kier alpha value is -0.0800. The first kappa shape index (κ1) is 14.0. The van der Waals surface area contributed by atoms with Gasteiger partial charge in [0.15, 0.2) is 0 Å². The minimum atomic E-state index is 0.398. The minimum absolute atomic E-state index is 0.398. The third kappa shape index (κ3) is 2.28. The van der Waals surface area contributed by atoms with Crippen molar-refractivity contribution >= 4 is 0 Å². The molecule has 0 bridgehead atoms. The van der Waals surface area contributed by atoms with Crippen molar-refractivity contribution in [1.29, 1.82) is 0 Å². The number of piperidine rings is 1. The van der Waals surface area contributed by atoms with Crippen LogP contribution < -0.4 is 5.73 Å². The van der Waals surface area contributed by atoms with Crippen molar-refractivity contribution in [2.45, 2.75) is 77.9 Å². The molecule has 1 fully saturated rings. The predicted octanol–water partition coefficient (Wildman–Crippen LogP) is 3.01. The Bertz CT molecular complexity index is 203. The Kier molecular flexibility index (Phi) is 4.81. The van der Waals surface area contributed by atoms with Crippen LogP contribution in [0.5, 0.6) is 0 Å². The Labute approximate surface area is 102 Å². The van der Waals surface area contributed by atoms with E-state index in [9.17, 15) is 0 Å². The molecule has 1 rings (SSSR count). The van der Waals surface area contributed by atoms with Gasteiger partial charge in [-0.1, -0.05) is 27.7 Å². The summed E-state index contributed by atoms with van der Waals surface area (Å²) in [5, 5.41) is 0. The van der Waals surface area contributed by atoms with Crippen molar-refractivity contribution in [3.8, 4) is 0 Å².